The molecule has 0 radical (unpaired) electrons. The Labute approximate surface area is 171 Å². The summed E-state index contributed by atoms with van der Waals surface area (Å²) in [6.07, 6.45) is 0. The Balaban J connectivity index is 1.61. The second kappa shape index (κ2) is 7.60. The molecule has 29 heavy (non-hydrogen) atoms. The molecule has 146 valence electrons. The first kappa shape index (κ1) is 19.0. The maximum Gasteiger partial charge on any atom is 0.279 e. The van der Waals surface area contributed by atoms with Gasteiger partial charge in [-0.05, 0) is 43.5 Å². The molecule has 0 saturated carbocycles. The summed E-state index contributed by atoms with van der Waals surface area (Å²) in [6.45, 7) is 5.72. The summed E-state index contributed by atoms with van der Waals surface area (Å²) in [6, 6.07) is 15.6. The number of benzene rings is 2. The highest BCUT2D eigenvalue weighted by atomic mass is 32.1. The lowest BCUT2D eigenvalue weighted by molar-refractivity contribution is -0.117. The number of nitrogens with zero attached hydrogens (tertiary/aromatic N) is 3. The highest BCUT2D eigenvalue weighted by Gasteiger charge is 2.15. The van der Waals surface area contributed by atoms with Crippen molar-refractivity contribution in [1.82, 2.24) is 15.0 Å². The molecule has 7 heteroatoms. The number of nitrogens with one attached hydrogen (secondary N) is 1. The van der Waals surface area contributed by atoms with Crippen LogP contribution in [0.3, 0.4) is 0 Å². The summed E-state index contributed by atoms with van der Waals surface area (Å²) in [5, 5.41) is 11.5. The second-order valence-electron chi connectivity index (χ2n) is 7.07. The molecule has 4 aromatic rings. The smallest absolute Gasteiger partial charge is 0.279 e. The van der Waals surface area contributed by atoms with Crippen LogP contribution in [0.15, 0.2) is 53.3 Å². The Morgan fingerprint density at radius 1 is 1.07 bits per heavy atom. The van der Waals surface area contributed by atoms with E-state index in [2.05, 4.69) is 15.6 Å². The van der Waals surface area contributed by atoms with Gasteiger partial charge in [-0.1, -0.05) is 53.2 Å². The second-order valence-corrected chi connectivity index (χ2v) is 8.10. The van der Waals surface area contributed by atoms with Crippen LogP contribution in [0.5, 0.6) is 0 Å². The van der Waals surface area contributed by atoms with Crippen molar-refractivity contribution in [3.05, 3.63) is 75.6 Å². The third kappa shape index (κ3) is 3.82. The molecule has 0 aliphatic heterocycles. The van der Waals surface area contributed by atoms with E-state index < -0.39 is 0 Å². The van der Waals surface area contributed by atoms with Gasteiger partial charge in [0, 0.05) is 10.6 Å². The number of aromatic nitrogens is 3. The minimum absolute atomic E-state index is 0.189. The number of carbonyl (C=O) groups excluding carboxylic acids is 1. The van der Waals surface area contributed by atoms with Crippen molar-refractivity contribution in [3.8, 4) is 10.4 Å². The van der Waals surface area contributed by atoms with Gasteiger partial charge in [-0.25, -0.2) is 4.68 Å². The molecule has 2 aromatic heterocycles. The zero-order valence-electron chi connectivity index (χ0n) is 16.4. The predicted molar refractivity (Wildman–Crippen MR) is 116 cm³/mol. The molecule has 4 rings (SSSR count). The molecule has 1 amide bonds. The van der Waals surface area contributed by atoms with E-state index in [1.807, 2.05) is 69.3 Å². The summed E-state index contributed by atoms with van der Waals surface area (Å²) in [5.41, 5.74) is 4.57. The number of aryl methyl sites for hydroxylation is 3. The fourth-order valence-electron chi connectivity index (χ4n) is 3.42. The molecule has 0 bridgehead atoms. The molecule has 0 unspecified atom stereocenters. The van der Waals surface area contributed by atoms with Crippen molar-refractivity contribution < 1.29 is 4.79 Å². The van der Waals surface area contributed by atoms with Gasteiger partial charge in [-0.3, -0.25) is 9.59 Å². The van der Waals surface area contributed by atoms with Gasteiger partial charge in [0.05, 0.1) is 5.39 Å². The summed E-state index contributed by atoms with van der Waals surface area (Å²) in [4.78, 5) is 26.9. The number of hydrogen-bond acceptors (Lipinski definition) is 5. The summed E-state index contributed by atoms with van der Waals surface area (Å²) in [7, 11) is 0. The Hall–Kier alpha value is -3.32. The van der Waals surface area contributed by atoms with Crippen molar-refractivity contribution in [3.63, 3.8) is 0 Å². The first-order valence-corrected chi connectivity index (χ1v) is 10.0. The zero-order valence-corrected chi connectivity index (χ0v) is 17.2. The fourth-order valence-corrected chi connectivity index (χ4v) is 4.40. The van der Waals surface area contributed by atoms with Crippen LogP contribution in [-0.4, -0.2) is 20.9 Å². The van der Waals surface area contributed by atoms with Crippen LogP contribution in [0.2, 0.25) is 0 Å². The molecule has 0 aliphatic carbocycles. The number of thiophene rings is 1. The maximum atomic E-state index is 12.8. The number of amides is 1. The largest absolute Gasteiger partial charge is 0.324 e. The monoisotopic (exact) mass is 404 g/mol. The molecule has 1 N–H and O–H groups in total. The van der Waals surface area contributed by atoms with Gasteiger partial charge in [0.25, 0.3) is 5.56 Å². The van der Waals surface area contributed by atoms with Crippen LogP contribution >= 0.6 is 11.3 Å². The van der Waals surface area contributed by atoms with Crippen molar-refractivity contribution in [2.45, 2.75) is 27.3 Å². The SMILES string of the molecule is Cc1cc(C)c(NC(=O)Cn2nnc3sc(-c4ccccc4)cc3c2=O)c(C)c1. The van der Waals surface area contributed by atoms with E-state index >= 15 is 0 Å². The van der Waals surface area contributed by atoms with Crippen LogP contribution in [0.4, 0.5) is 5.69 Å². The van der Waals surface area contributed by atoms with E-state index in [9.17, 15) is 9.59 Å². The lowest BCUT2D eigenvalue weighted by Gasteiger charge is -2.13. The number of anilines is 1. The fraction of sp³-hybridized carbons (Fsp3) is 0.182. The Morgan fingerprint density at radius 2 is 1.76 bits per heavy atom. The van der Waals surface area contributed by atoms with Crippen LogP contribution < -0.4 is 10.9 Å². The molecule has 2 heterocycles. The standard InChI is InChI=1S/C22H20N4O2S/c1-13-9-14(2)20(15(3)10-13)23-19(27)12-26-22(28)17-11-18(29-21(17)24-25-26)16-7-5-4-6-8-16/h4-11H,12H2,1-3H3,(H,23,27). The number of rotatable bonds is 4. The van der Waals surface area contributed by atoms with Gasteiger partial charge in [0.2, 0.25) is 5.91 Å². The average Bonchev–Trinajstić information content (AvgIpc) is 3.13. The number of carbonyl (C=O) groups is 1. The third-order valence-corrected chi connectivity index (χ3v) is 5.78. The highest BCUT2D eigenvalue weighted by molar-refractivity contribution is 7.21. The van der Waals surface area contributed by atoms with E-state index in [1.165, 1.54) is 11.3 Å². The van der Waals surface area contributed by atoms with Gasteiger partial charge in [-0.15, -0.1) is 16.4 Å². The molecular weight excluding hydrogens is 384 g/mol. The molecular formula is C22H20N4O2S. The maximum absolute atomic E-state index is 12.8. The number of hydrogen-bond donors (Lipinski definition) is 1. The van der Waals surface area contributed by atoms with Gasteiger partial charge in [0.15, 0.2) is 4.83 Å². The van der Waals surface area contributed by atoms with Crippen molar-refractivity contribution in [2.24, 2.45) is 0 Å². The van der Waals surface area contributed by atoms with E-state index in [0.29, 0.717) is 10.2 Å². The minimum Gasteiger partial charge on any atom is -0.324 e. The van der Waals surface area contributed by atoms with Crippen LogP contribution in [-0.2, 0) is 11.3 Å². The molecule has 6 nitrogen and oxygen atoms in total. The molecule has 0 saturated heterocycles. The Kier molecular flexibility index (Phi) is 4.98. The zero-order chi connectivity index (χ0) is 20.5. The minimum atomic E-state index is -0.319. The predicted octanol–water partition coefficient (Wildman–Crippen LogP) is 4.08. The Bertz CT molecular complexity index is 1250. The van der Waals surface area contributed by atoms with Crippen molar-refractivity contribution in [2.75, 3.05) is 5.32 Å². The molecule has 0 fully saturated rings. The quantitative estimate of drug-likeness (QED) is 0.556. The number of fused-ring (bicyclic) bond motifs is 1. The molecule has 0 aliphatic rings. The average molecular weight is 404 g/mol. The van der Waals surface area contributed by atoms with Crippen LogP contribution in [0, 0.1) is 20.8 Å². The van der Waals surface area contributed by atoms with Gasteiger partial charge in [-0.2, -0.15) is 0 Å². The highest BCUT2D eigenvalue weighted by Crippen LogP contribution is 2.30. The summed E-state index contributed by atoms with van der Waals surface area (Å²) in [5.74, 6) is -0.311. The van der Waals surface area contributed by atoms with Crippen LogP contribution in [0.25, 0.3) is 20.7 Å². The van der Waals surface area contributed by atoms with Crippen molar-refractivity contribution >= 4 is 33.1 Å². The van der Waals surface area contributed by atoms with Crippen LogP contribution in [0.1, 0.15) is 16.7 Å². The van der Waals surface area contributed by atoms with Crippen molar-refractivity contribution in [1.29, 1.82) is 0 Å². The van der Waals surface area contributed by atoms with E-state index in [0.717, 1.165) is 37.5 Å². The normalized spacial score (nSPS) is 11.0. The first-order valence-electron chi connectivity index (χ1n) is 9.23. The molecule has 2 aromatic carbocycles. The molecule has 0 atom stereocenters. The topological polar surface area (TPSA) is 76.9 Å². The summed E-state index contributed by atoms with van der Waals surface area (Å²) >= 11 is 1.41. The molecule has 0 spiro atoms. The lowest BCUT2D eigenvalue weighted by Crippen LogP contribution is -2.30. The third-order valence-electron chi connectivity index (χ3n) is 4.71. The van der Waals surface area contributed by atoms with Gasteiger partial charge in [0.1, 0.15) is 6.54 Å². The van der Waals surface area contributed by atoms with E-state index in [4.69, 9.17) is 0 Å². The van der Waals surface area contributed by atoms with Gasteiger partial charge < -0.3 is 5.32 Å². The Morgan fingerprint density at radius 3 is 2.45 bits per heavy atom. The lowest BCUT2D eigenvalue weighted by atomic mass is 10.1. The van der Waals surface area contributed by atoms with E-state index in [1.54, 1.807) is 0 Å². The van der Waals surface area contributed by atoms with Gasteiger partial charge >= 0.3 is 0 Å². The summed E-state index contributed by atoms with van der Waals surface area (Å²) < 4.78 is 1.11. The first-order chi connectivity index (χ1) is 13.9. The van der Waals surface area contributed by atoms with E-state index in [-0.39, 0.29) is 18.0 Å².